The largest absolute Gasteiger partial charge is 0.463 e. The van der Waals surface area contributed by atoms with Crippen molar-refractivity contribution >= 4 is 18.7 Å². The Morgan fingerprint density at radius 1 is 1.42 bits per heavy atom. The van der Waals surface area contributed by atoms with E-state index in [2.05, 4.69) is 21.4 Å². The molecule has 0 N–H and O–H groups in total. The second kappa shape index (κ2) is 6.09. The SMILES string of the molecule is C=NOC(=O)/C=C/C(=O)OCC. The van der Waals surface area contributed by atoms with E-state index in [9.17, 15) is 9.59 Å². The number of carbonyl (C=O) groups is 2. The van der Waals surface area contributed by atoms with Crippen molar-refractivity contribution in [1.82, 2.24) is 0 Å². The second-order valence-corrected chi connectivity index (χ2v) is 1.62. The van der Waals surface area contributed by atoms with Gasteiger partial charge in [-0.25, -0.2) is 9.59 Å². The Morgan fingerprint density at radius 2 is 2.00 bits per heavy atom. The zero-order chi connectivity index (χ0) is 9.40. The Bertz CT molecular complexity index is 209. The smallest absolute Gasteiger partial charge is 0.358 e. The van der Waals surface area contributed by atoms with Crippen LogP contribution in [-0.2, 0) is 19.2 Å². The van der Waals surface area contributed by atoms with E-state index in [1.54, 1.807) is 6.92 Å². The molecule has 0 rings (SSSR count). The summed E-state index contributed by atoms with van der Waals surface area (Å²) in [6.45, 7) is 4.84. The van der Waals surface area contributed by atoms with Crippen molar-refractivity contribution in [3.8, 4) is 0 Å². The first-order valence-corrected chi connectivity index (χ1v) is 3.22. The average Bonchev–Trinajstić information content (AvgIpc) is 2.02. The highest BCUT2D eigenvalue weighted by molar-refractivity contribution is 5.91. The summed E-state index contributed by atoms with van der Waals surface area (Å²) < 4.78 is 4.49. The van der Waals surface area contributed by atoms with Gasteiger partial charge < -0.3 is 9.57 Å². The molecule has 66 valence electrons. The van der Waals surface area contributed by atoms with Crippen LogP contribution in [0.4, 0.5) is 0 Å². The van der Waals surface area contributed by atoms with Crippen LogP contribution >= 0.6 is 0 Å². The molecule has 0 bridgehead atoms. The minimum Gasteiger partial charge on any atom is -0.463 e. The highest BCUT2D eigenvalue weighted by Gasteiger charge is 1.97. The third kappa shape index (κ3) is 5.16. The van der Waals surface area contributed by atoms with Crippen LogP contribution in [0.2, 0.25) is 0 Å². The molecule has 5 nitrogen and oxygen atoms in total. The predicted molar refractivity (Wildman–Crippen MR) is 41.4 cm³/mol. The van der Waals surface area contributed by atoms with Gasteiger partial charge in [0, 0.05) is 18.9 Å². The van der Waals surface area contributed by atoms with Gasteiger partial charge in [0.2, 0.25) is 0 Å². The number of hydrogen-bond acceptors (Lipinski definition) is 5. The lowest BCUT2D eigenvalue weighted by molar-refractivity contribution is -0.140. The Kier molecular flexibility index (Phi) is 5.25. The van der Waals surface area contributed by atoms with Crippen LogP contribution < -0.4 is 0 Å². The first-order chi connectivity index (χ1) is 5.70. The lowest BCUT2D eigenvalue weighted by Gasteiger charge is -1.93. The highest BCUT2D eigenvalue weighted by Crippen LogP contribution is 1.84. The maximum Gasteiger partial charge on any atom is 0.358 e. The number of oxime groups is 1. The van der Waals surface area contributed by atoms with Crippen LogP contribution in [0.25, 0.3) is 0 Å². The Balaban J connectivity index is 3.80. The molecule has 0 radical (unpaired) electrons. The summed E-state index contributed by atoms with van der Waals surface area (Å²) in [6.07, 6.45) is 1.86. The van der Waals surface area contributed by atoms with Crippen molar-refractivity contribution in [3.63, 3.8) is 0 Å². The molecular weight excluding hydrogens is 162 g/mol. The summed E-state index contributed by atoms with van der Waals surface area (Å²) in [5, 5.41) is 2.86. The molecule has 0 fully saturated rings. The molecule has 0 aliphatic heterocycles. The predicted octanol–water partition coefficient (Wildman–Crippen LogP) is 0.265. The zero-order valence-electron chi connectivity index (χ0n) is 6.65. The van der Waals surface area contributed by atoms with Crippen molar-refractivity contribution in [1.29, 1.82) is 0 Å². The van der Waals surface area contributed by atoms with Gasteiger partial charge >= 0.3 is 11.9 Å². The lowest BCUT2D eigenvalue weighted by Crippen LogP contribution is -2.01. The monoisotopic (exact) mass is 171 g/mol. The molecule has 0 aromatic heterocycles. The highest BCUT2D eigenvalue weighted by atomic mass is 16.7. The molecule has 5 heteroatoms. The first kappa shape index (κ1) is 10.3. The molecule has 0 saturated carbocycles. The second-order valence-electron chi connectivity index (χ2n) is 1.62. The van der Waals surface area contributed by atoms with E-state index in [1.807, 2.05) is 0 Å². The maximum absolute atomic E-state index is 10.6. The van der Waals surface area contributed by atoms with E-state index in [1.165, 1.54) is 0 Å². The maximum atomic E-state index is 10.6. The van der Waals surface area contributed by atoms with Crippen molar-refractivity contribution < 1.29 is 19.2 Å². The van der Waals surface area contributed by atoms with Crippen molar-refractivity contribution in [2.75, 3.05) is 6.61 Å². The van der Waals surface area contributed by atoms with Gasteiger partial charge in [0.1, 0.15) is 0 Å². The molecule has 0 aliphatic rings. The Labute approximate surface area is 69.6 Å². The quantitative estimate of drug-likeness (QED) is 0.200. The van der Waals surface area contributed by atoms with E-state index in [0.29, 0.717) is 0 Å². The van der Waals surface area contributed by atoms with E-state index in [-0.39, 0.29) is 6.61 Å². The van der Waals surface area contributed by atoms with Gasteiger partial charge in [-0.1, -0.05) is 5.16 Å². The zero-order valence-corrected chi connectivity index (χ0v) is 6.65. The standard InChI is InChI=1S/C7H9NO4/c1-3-11-6(9)4-5-7(10)12-8-2/h4-5H,2-3H2,1H3/b5-4+. The van der Waals surface area contributed by atoms with Gasteiger partial charge in [0.05, 0.1) is 6.61 Å². The van der Waals surface area contributed by atoms with Gasteiger partial charge in [0.15, 0.2) is 0 Å². The number of esters is 1. The molecule has 0 saturated heterocycles. The third-order valence-electron chi connectivity index (χ3n) is 0.797. The summed E-state index contributed by atoms with van der Waals surface area (Å²) in [4.78, 5) is 25.1. The average molecular weight is 171 g/mol. The summed E-state index contributed by atoms with van der Waals surface area (Å²) in [7, 11) is 0. The molecular formula is C7H9NO4. The topological polar surface area (TPSA) is 65.0 Å². The van der Waals surface area contributed by atoms with E-state index in [0.717, 1.165) is 12.2 Å². The van der Waals surface area contributed by atoms with Crippen LogP contribution in [0.5, 0.6) is 0 Å². The molecule has 0 heterocycles. The van der Waals surface area contributed by atoms with Crippen LogP contribution in [-0.4, -0.2) is 25.3 Å². The Morgan fingerprint density at radius 3 is 2.50 bits per heavy atom. The van der Waals surface area contributed by atoms with Gasteiger partial charge in [-0.05, 0) is 6.92 Å². The molecule has 0 spiro atoms. The number of hydrogen-bond donors (Lipinski definition) is 0. The molecule has 12 heavy (non-hydrogen) atoms. The normalized spacial score (nSPS) is 9.42. The minimum absolute atomic E-state index is 0.262. The van der Waals surface area contributed by atoms with Gasteiger partial charge in [0.25, 0.3) is 0 Å². The van der Waals surface area contributed by atoms with E-state index in [4.69, 9.17) is 0 Å². The number of rotatable bonds is 4. The van der Waals surface area contributed by atoms with Gasteiger partial charge in [-0.2, -0.15) is 0 Å². The van der Waals surface area contributed by atoms with Crippen LogP contribution in [0.1, 0.15) is 6.92 Å². The fourth-order valence-corrected chi connectivity index (χ4v) is 0.421. The van der Waals surface area contributed by atoms with Crippen LogP contribution in [0, 0.1) is 0 Å². The first-order valence-electron chi connectivity index (χ1n) is 3.22. The summed E-state index contributed by atoms with van der Waals surface area (Å²) >= 11 is 0. The number of ether oxygens (including phenoxy) is 1. The molecule has 0 aromatic rings. The molecule has 0 unspecified atom stereocenters. The molecule has 0 aliphatic carbocycles. The summed E-state index contributed by atoms with van der Waals surface area (Å²) in [6, 6.07) is 0. The fourth-order valence-electron chi connectivity index (χ4n) is 0.421. The van der Waals surface area contributed by atoms with Crippen molar-refractivity contribution in [3.05, 3.63) is 12.2 Å². The van der Waals surface area contributed by atoms with E-state index >= 15 is 0 Å². The third-order valence-corrected chi connectivity index (χ3v) is 0.797. The molecule has 0 amide bonds. The number of nitrogens with zero attached hydrogens (tertiary/aromatic N) is 1. The van der Waals surface area contributed by atoms with Crippen LogP contribution in [0.3, 0.4) is 0 Å². The van der Waals surface area contributed by atoms with Gasteiger partial charge in [-0.15, -0.1) is 0 Å². The fraction of sp³-hybridized carbons (Fsp3) is 0.286. The van der Waals surface area contributed by atoms with Gasteiger partial charge in [-0.3, -0.25) is 0 Å². The molecule has 0 aromatic carbocycles. The van der Waals surface area contributed by atoms with Crippen LogP contribution in [0.15, 0.2) is 17.3 Å². The summed E-state index contributed by atoms with van der Waals surface area (Å²) in [5.74, 6) is -1.36. The lowest BCUT2D eigenvalue weighted by atomic mass is 10.5. The summed E-state index contributed by atoms with van der Waals surface area (Å²) in [5.41, 5.74) is 0. The molecule has 0 atom stereocenters. The Hall–Kier alpha value is -1.65. The number of carbonyl (C=O) groups excluding carboxylic acids is 2. The van der Waals surface area contributed by atoms with Crippen molar-refractivity contribution in [2.45, 2.75) is 6.92 Å². The van der Waals surface area contributed by atoms with E-state index < -0.39 is 11.9 Å². The minimum atomic E-state index is -0.766. The van der Waals surface area contributed by atoms with Crippen molar-refractivity contribution in [2.24, 2.45) is 5.16 Å².